The summed E-state index contributed by atoms with van der Waals surface area (Å²) in [4.78, 5) is 0. The number of aliphatic hydroxyl groups excluding tert-OH is 1. The fourth-order valence-electron chi connectivity index (χ4n) is 1.47. The van der Waals surface area contributed by atoms with Gasteiger partial charge in [-0.2, -0.15) is 0 Å². The van der Waals surface area contributed by atoms with Crippen molar-refractivity contribution in [3.8, 4) is 5.75 Å². The summed E-state index contributed by atoms with van der Waals surface area (Å²) in [5.74, 6) is 0.930. The lowest BCUT2D eigenvalue weighted by Crippen LogP contribution is -2.18. The van der Waals surface area contributed by atoms with Gasteiger partial charge < -0.3 is 15.2 Å². The van der Waals surface area contributed by atoms with Gasteiger partial charge in [-0.25, -0.2) is 0 Å². The number of benzene rings is 1. The standard InChI is InChI=1S/C14H23NO2/c1-3-10-17-14-6-4-13(5-7-14)11-15-9-8-12(2)16/h4-7,12,15-16H,3,8-11H2,1-2H3. The van der Waals surface area contributed by atoms with Crippen LogP contribution in [0.15, 0.2) is 24.3 Å². The molecule has 3 nitrogen and oxygen atoms in total. The Morgan fingerprint density at radius 1 is 1.29 bits per heavy atom. The summed E-state index contributed by atoms with van der Waals surface area (Å²) >= 11 is 0. The van der Waals surface area contributed by atoms with Gasteiger partial charge >= 0.3 is 0 Å². The maximum Gasteiger partial charge on any atom is 0.119 e. The Hall–Kier alpha value is -1.06. The first-order valence-electron chi connectivity index (χ1n) is 6.33. The van der Waals surface area contributed by atoms with Crippen molar-refractivity contribution in [1.82, 2.24) is 5.32 Å². The van der Waals surface area contributed by atoms with Crippen molar-refractivity contribution in [3.05, 3.63) is 29.8 Å². The van der Waals surface area contributed by atoms with E-state index < -0.39 is 0 Å². The van der Waals surface area contributed by atoms with Crippen LogP contribution >= 0.6 is 0 Å². The molecule has 1 atom stereocenters. The lowest BCUT2D eigenvalue weighted by atomic mass is 10.2. The van der Waals surface area contributed by atoms with Gasteiger partial charge in [-0.15, -0.1) is 0 Å². The second-order valence-electron chi connectivity index (χ2n) is 4.31. The third-order valence-corrected chi connectivity index (χ3v) is 2.46. The molecule has 0 bridgehead atoms. The van der Waals surface area contributed by atoms with Crippen LogP contribution < -0.4 is 10.1 Å². The van der Waals surface area contributed by atoms with E-state index in [4.69, 9.17) is 9.84 Å². The average molecular weight is 237 g/mol. The third-order valence-electron chi connectivity index (χ3n) is 2.46. The van der Waals surface area contributed by atoms with Crippen LogP contribution in [0.4, 0.5) is 0 Å². The molecule has 0 saturated heterocycles. The van der Waals surface area contributed by atoms with Crippen LogP contribution in [-0.4, -0.2) is 24.4 Å². The Morgan fingerprint density at radius 3 is 2.59 bits per heavy atom. The molecule has 1 unspecified atom stereocenters. The van der Waals surface area contributed by atoms with Crippen LogP contribution in [0.1, 0.15) is 32.3 Å². The lowest BCUT2D eigenvalue weighted by molar-refractivity contribution is 0.183. The van der Waals surface area contributed by atoms with Crippen LogP contribution in [0.5, 0.6) is 5.75 Å². The highest BCUT2D eigenvalue weighted by molar-refractivity contribution is 5.27. The quantitative estimate of drug-likeness (QED) is 0.682. The molecule has 0 fully saturated rings. The Morgan fingerprint density at radius 2 is 2.00 bits per heavy atom. The first kappa shape index (κ1) is 14.0. The summed E-state index contributed by atoms with van der Waals surface area (Å²) in [6, 6.07) is 8.14. The van der Waals surface area contributed by atoms with Crippen molar-refractivity contribution in [1.29, 1.82) is 0 Å². The predicted octanol–water partition coefficient (Wildman–Crippen LogP) is 2.34. The number of rotatable bonds is 8. The van der Waals surface area contributed by atoms with Crippen LogP contribution in [0.3, 0.4) is 0 Å². The molecule has 0 radical (unpaired) electrons. The van der Waals surface area contributed by atoms with E-state index >= 15 is 0 Å². The van der Waals surface area contributed by atoms with E-state index in [1.54, 1.807) is 0 Å². The molecule has 0 heterocycles. The number of nitrogens with one attached hydrogen (secondary N) is 1. The SMILES string of the molecule is CCCOc1ccc(CNCCC(C)O)cc1. The molecule has 96 valence electrons. The van der Waals surface area contributed by atoms with Crippen LogP contribution in [0.2, 0.25) is 0 Å². The number of ether oxygens (including phenoxy) is 1. The lowest BCUT2D eigenvalue weighted by Gasteiger charge is -2.08. The summed E-state index contributed by atoms with van der Waals surface area (Å²) in [7, 11) is 0. The maximum atomic E-state index is 9.11. The van der Waals surface area contributed by atoms with Crippen molar-refractivity contribution in [2.75, 3.05) is 13.2 Å². The topological polar surface area (TPSA) is 41.5 Å². The van der Waals surface area contributed by atoms with Gasteiger partial charge in [-0.3, -0.25) is 0 Å². The van der Waals surface area contributed by atoms with Crippen molar-refractivity contribution >= 4 is 0 Å². The van der Waals surface area contributed by atoms with Gasteiger partial charge in [0.25, 0.3) is 0 Å². The Balaban J connectivity index is 2.25. The molecule has 0 aliphatic heterocycles. The van der Waals surface area contributed by atoms with Crippen LogP contribution in [-0.2, 0) is 6.54 Å². The Kier molecular flexibility index (Phi) is 6.67. The smallest absolute Gasteiger partial charge is 0.119 e. The minimum Gasteiger partial charge on any atom is -0.494 e. The predicted molar refractivity (Wildman–Crippen MR) is 70.2 cm³/mol. The van der Waals surface area contributed by atoms with Crippen molar-refractivity contribution in [3.63, 3.8) is 0 Å². The molecule has 1 rings (SSSR count). The Bertz CT molecular complexity index is 296. The highest BCUT2D eigenvalue weighted by Crippen LogP contribution is 2.12. The fraction of sp³-hybridized carbons (Fsp3) is 0.571. The molecule has 1 aromatic rings. The van der Waals surface area contributed by atoms with E-state index in [2.05, 4.69) is 24.4 Å². The van der Waals surface area contributed by atoms with E-state index in [9.17, 15) is 0 Å². The molecule has 0 spiro atoms. The fourth-order valence-corrected chi connectivity index (χ4v) is 1.47. The highest BCUT2D eigenvalue weighted by Gasteiger charge is 1.97. The van der Waals surface area contributed by atoms with Crippen LogP contribution in [0, 0.1) is 0 Å². The van der Waals surface area contributed by atoms with E-state index in [0.717, 1.165) is 38.3 Å². The van der Waals surface area contributed by atoms with E-state index in [0.29, 0.717) is 0 Å². The first-order chi connectivity index (χ1) is 8.22. The minimum atomic E-state index is -0.229. The largest absolute Gasteiger partial charge is 0.494 e. The molecule has 0 aromatic heterocycles. The summed E-state index contributed by atoms with van der Waals surface area (Å²) in [5, 5.41) is 12.4. The molecule has 2 N–H and O–H groups in total. The van der Waals surface area contributed by atoms with E-state index in [1.165, 1.54) is 5.56 Å². The molecule has 0 saturated carbocycles. The summed E-state index contributed by atoms with van der Waals surface area (Å²) in [5.41, 5.74) is 1.24. The van der Waals surface area contributed by atoms with Crippen molar-refractivity contribution in [2.45, 2.75) is 39.3 Å². The van der Waals surface area contributed by atoms with Crippen LogP contribution in [0.25, 0.3) is 0 Å². The first-order valence-corrected chi connectivity index (χ1v) is 6.33. The summed E-state index contributed by atoms with van der Waals surface area (Å²) in [6.07, 6.45) is 1.59. The zero-order valence-corrected chi connectivity index (χ0v) is 10.8. The van der Waals surface area contributed by atoms with E-state index in [-0.39, 0.29) is 6.10 Å². The highest BCUT2D eigenvalue weighted by atomic mass is 16.5. The third kappa shape index (κ3) is 6.29. The van der Waals surface area contributed by atoms with E-state index in [1.807, 2.05) is 19.1 Å². The molecular formula is C14H23NO2. The molecule has 17 heavy (non-hydrogen) atoms. The molecule has 0 amide bonds. The van der Waals surface area contributed by atoms with Gasteiger partial charge in [0.05, 0.1) is 12.7 Å². The zero-order chi connectivity index (χ0) is 12.5. The number of hydrogen-bond donors (Lipinski definition) is 2. The average Bonchev–Trinajstić information content (AvgIpc) is 2.33. The molecule has 0 aliphatic rings. The normalized spacial score (nSPS) is 12.4. The number of aliphatic hydroxyl groups is 1. The minimum absolute atomic E-state index is 0.229. The zero-order valence-electron chi connectivity index (χ0n) is 10.8. The maximum absolute atomic E-state index is 9.11. The number of hydrogen-bond acceptors (Lipinski definition) is 3. The van der Waals surface area contributed by atoms with Gasteiger partial charge in [0, 0.05) is 6.54 Å². The molecular weight excluding hydrogens is 214 g/mol. The van der Waals surface area contributed by atoms with Gasteiger partial charge in [-0.1, -0.05) is 19.1 Å². The van der Waals surface area contributed by atoms with Gasteiger partial charge in [-0.05, 0) is 44.0 Å². The summed E-state index contributed by atoms with van der Waals surface area (Å²) < 4.78 is 5.51. The molecule has 3 heteroatoms. The van der Waals surface area contributed by atoms with Gasteiger partial charge in [0.15, 0.2) is 0 Å². The Labute approximate surface area is 104 Å². The van der Waals surface area contributed by atoms with Gasteiger partial charge in [0.1, 0.15) is 5.75 Å². The molecule has 1 aromatic carbocycles. The van der Waals surface area contributed by atoms with Crippen molar-refractivity contribution in [2.24, 2.45) is 0 Å². The second-order valence-corrected chi connectivity index (χ2v) is 4.31. The summed E-state index contributed by atoms with van der Waals surface area (Å²) in [6.45, 7) is 6.35. The van der Waals surface area contributed by atoms with Gasteiger partial charge in [0.2, 0.25) is 0 Å². The second kappa shape index (κ2) is 8.09. The van der Waals surface area contributed by atoms with Crippen molar-refractivity contribution < 1.29 is 9.84 Å². The monoisotopic (exact) mass is 237 g/mol. The molecule has 0 aliphatic carbocycles.